The lowest BCUT2D eigenvalue weighted by atomic mass is 9.63. The van der Waals surface area contributed by atoms with E-state index in [0.29, 0.717) is 0 Å². The van der Waals surface area contributed by atoms with E-state index in [1.807, 2.05) is 0 Å². The number of ketones is 2. The average molecular weight is 863 g/mol. The SMILES string of the molecule is O=C(O)c1cc(O)c2c(c1)[C@@H]([C@@H]1c3cc(C(=O)O)cc(O)c3C(=O)c3c(O[C@@H]4O[C@H](CO)[C@@H](O)[C@@H](O)[C@@H]4O)cccc31)c1cccc(O[C@H]3O[C@@H](CO)[C@H](O)[C@@H](O)[C@@H]3O)c1C2=O. The smallest absolute Gasteiger partial charge is 0.335 e. The summed E-state index contributed by atoms with van der Waals surface area (Å²) >= 11 is 0. The largest absolute Gasteiger partial charge is 0.507 e. The number of carbonyl (C=O) groups excluding carboxylic acids is 2. The van der Waals surface area contributed by atoms with E-state index in [4.69, 9.17) is 18.9 Å². The molecule has 0 bridgehead atoms. The summed E-state index contributed by atoms with van der Waals surface area (Å²) in [5.74, 6) is -10.1. The summed E-state index contributed by atoms with van der Waals surface area (Å²) in [5, 5.41) is 126. The summed E-state index contributed by atoms with van der Waals surface area (Å²) in [6, 6.07) is 11.9. The molecule has 0 spiro atoms. The summed E-state index contributed by atoms with van der Waals surface area (Å²) in [5.41, 5.74) is -2.87. The van der Waals surface area contributed by atoms with Crippen LogP contribution in [-0.4, -0.2) is 159 Å². The van der Waals surface area contributed by atoms with Crippen molar-refractivity contribution in [2.45, 2.75) is 73.2 Å². The molecule has 4 aliphatic rings. The molecule has 0 unspecified atom stereocenters. The van der Waals surface area contributed by atoms with Gasteiger partial charge in [-0.15, -0.1) is 0 Å². The van der Waals surface area contributed by atoms with Crippen LogP contribution in [0.3, 0.4) is 0 Å². The van der Waals surface area contributed by atoms with Crippen LogP contribution < -0.4 is 9.47 Å². The van der Waals surface area contributed by atoms with Crippen molar-refractivity contribution in [3.05, 3.63) is 116 Å². The highest BCUT2D eigenvalue weighted by Crippen LogP contribution is 2.56. The third-order valence-electron chi connectivity index (χ3n) is 11.7. The molecule has 2 saturated heterocycles. The number of aromatic hydroxyl groups is 2. The van der Waals surface area contributed by atoms with E-state index in [1.165, 1.54) is 36.4 Å². The van der Waals surface area contributed by atoms with Gasteiger partial charge in [-0.3, -0.25) is 9.59 Å². The second-order valence-electron chi connectivity index (χ2n) is 15.2. The fourth-order valence-electron chi connectivity index (χ4n) is 8.71. The third kappa shape index (κ3) is 6.73. The van der Waals surface area contributed by atoms with E-state index in [0.717, 1.165) is 24.3 Å². The third-order valence-corrected chi connectivity index (χ3v) is 11.7. The standard InChI is InChI=1S/C42H38O20/c43-11-23-31(47)35(51)37(53)41(61-23)59-21-5-1-3-15-25(17-7-13(39(55)56)9-19(45)27(17)33(49)29(15)21)26-16-4-2-6-22(60-42-38(54)36(52)32(48)24(12-44)62-42)30(16)34(50)28-18(26)8-14(40(57)58)10-20(28)46/h1-10,23-26,31-32,35-38,41-48,51-54H,11-12H2,(H,55,56)(H,57,58)/t23-,24+,25-,26-,31-,32+,35+,36+,37-,38-,41-,42+/m0/s1. The highest BCUT2D eigenvalue weighted by Gasteiger charge is 2.50. The molecule has 12 N–H and O–H groups in total. The van der Waals surface area contributed by atoms with Crippen LogP contribution in [0.2, 0.25) is 0 Å². The second-order valence-corrected chi connectivity index (χ2v) is 15.2. The highest BCUT2D eigenvalue weighted by atomic mass is 16.7. The lowest BCUT2D eigenvalue weighted by Gasteiger charge is -2.41. The van der Waals surface area contributed by atoms with Crippen molar-refractivity contribution < 1.29 is 99.4 Å². The summed E-state index contributed by atoms with van der Waals surface area (Å²) < 4.78 is 23.0. The zero-order valence-corrected chi connectivity index (χ0v) is 31.7. The molecular formula is C42H38O20. The molecule has 2 aliphatic carbocycles. The topological polar surface area (TPSA) is 348 Å². The Bertz CT molecular complexity index is 2330. The van der Waals surface area contributed by atoms with Crippen LogP contribution in [0.15, 0.2) is 60.7 Å². The number of aromatic carboxylic acids is 2. The molecule has 0 saturated carbocycles. The number of rotatable bonds is 9. The van der Waals surface area contributed by atoms with Gasteiger partial charge in [0, 0.05) is 11.8 Å². The number of carboxylic acids is 2. The van der Waals surface area contributed by atoms with Crippen LogP contribution >= 0.6 is 0 Å². The van der Waals surface area contributed by atoms with Gasteiger partial charge in [-0.25, -0.2) is 9.59 Å². The van der Waals surface area contributed by atoms with Crippen molar-refractivity contribution >= 4 is 23.5 Å². The van der Waals surface area contributed by atoms with Crippen LogP contribution in [0.1, 0.15) is 86.6 Å². The van der Waals surface area contributed by atoms with Gasteiger partial charge < -0.3 is 80.2 Å². The molecule has 4 aromatic carbocycles. The quantitative estimate of drug-likeness (QED) is 0.0950. The number of carbonyl (C=O) groups is 4. The van der Waals surface area contributed by atoms with Gasteiger partial charge in [0.15, 0.2) is 0 Å². The molecule has 2 heterocycles. The van der Waals surface area contributed by atoms with Crippen LogP contribution in [0, 0.1) is 0 Å². The molecule has 4 aromatic rings. The lowest BCUT2D eigenvalue weighted by Crippen LogP contribution is -2.60. The molecule has 326 valence electrons. The number of aliphatic hydroxyl groups excluding tert-OH is 8. The zero-order chi connectivity index (χ0) is 44.6. The Morgan fingerprint density at radius 3 is 1.23 bits per heavy atom. The number of phenolic OH excluding ortho intramolecular Hbond substituents is 2. The monoisotopic (exact) mass is 862 g/mol. The number of phenols is 2. The number of ether oxygens (including phenoxy) is 4. The Morgan fingerprint density at radius 1 is 0.516 bits per heavy atom. The predicted octanol–water partition coefficient (Wildman–Crippen LogP) is -1.10. The van der Waals surface area contributed by atoms with Gasteiger partial charge in [0.2, 0.25) is 24.1 Å². The minimum atomic E-state index is -1.94. The Labute approximate surface area is 348 Å². The van der Waals surface area contributed by atoms with Gasteiger partial charge in [0.1, 0.15) is 71.8 Å². The van der Waals surface area contributed by atoms with Crippen LogP contribution in [0.25, 0.3) is 0 Å². The molecule has 2 aliphatic heterocycles. The predicted molar refractivity (Wildman–Crippen MR) is 202 cm³/mol. The molecule has 20 heteroatoms. The molecule has 0 amide bonds. The van der Waals surface area contributed by atoms with Crippen molar-refractivity contribution in [2.75, 3.05) is 13.2 Å². The maximum Gasteiger partial charge on any atom is 0.335 e. The van der Waals surface area contributed by atoms with Crippen molar-refractivity contribution in [3.63, 3.8) is 0 Å². The second kappa shape index (κ2) is 16.0. The van der Waals surface area contributed by atoms with E-state index in [1.54, 1.807) is 0 Å². The fourth-order valence-corrected chi connectivity index (χ4v) is 8.71. The van der Waals surface area contributed by atoms with Crippen molar-refractivity contribution in [3.8, 4) is 23.0 Å². The van der Waals surface area contributed by atoms with E-state index in [2.05, 4.69) is 0 Å². The summed E-state index contributed by atoms with van der Waals surface area (Å²) in [6.45, 7) is -1.64. The Hall–Kier alpha value is -6.04. The van der Waals surface area contributed by atoms with E-state index in [9.17, 15) is 80.5 Å². The van der Waals surface area contributed by atoms with Crippen LogP contribution in [0.4, 0.5) is 0 Å². The maximum atomic E-state index is 14.7. The first-order valence-electron chi connectivity index (χ1n) is 19.0. The van der Waals surface area contributed by atoms with Crippen LogP contribution in [0.5, 0.6) is 23.0 Å². The Morgan fingerprint density at radius 2 is 0.887 bits per heavy atom. The molecule has 62 heavy (non-hydrogen) atoms. The first-order chi connectivity index (χ1) is 29.5. The fraction of sp³-hybridized carbons (Fsp3) is 0.333. The van der Waals surface area contributed by atoms with Gasteiger partial charge in [-0.05, 0) is 58.7 Å². The number of benzene rings is 4. The number of carboxylic acid groups (broad SMARTS) is 2. The zero-order valence-electron chi connectivity index (χ0n) is 31.7. The minimum absolute atomic E-state index is 0.00301. The normalized spacial score (nSPS) is 30.1. The maximum absolute atomic E-state index is 14.7. The van der Waals surface area contributed by atoms with Crippen molar-refractivity contribution in [1.29, 1.82) is 0 Å². The summed E-state index contributed by atoms with van der Waals surface area (Å²) in [7, 11) is 0. The minimum Gasteiger partial charge on any atom is -0.507 e. The van der Waals surface area contributed by atoms with Crippen LogP contribution in [-0.2, 0) is 9.47 Å². The molecule has 0 aromatic heterocycles. The van der Waals surface area contributed by atoms with Gasteiger partial charge in [-0.1, -0.05) is 24.3 Å². The molecule has 12 atom stereocenters. The number of hydrogen-bond donors (Lipinski definition) is 12. The molecule has 8 rings (SSSR count). The van der Waals surface area contributed by atoms with Crippen molar-refractivity contribution in [1.82, 2.24) is 0 Å². The molecular weight excluding hydrogens is 824 g/mol. The van der Waals surface area contributed by atoms with Gasteiger partial charge >= 0.3 is 11.9 Å². The number of fused-ring (bicyclic) bond motifs is 4. The number of hydrogen-bond acceptors (Lipinski definition) is 18. The average Bonchev–Trinajstić information content (AvgIpc) is 3.24. The summed E-state index contributed by atoms with van der Waals surface area (Å²) in [6.07, 6.45) is -17.7. The van der Waals surface area contributed by atoms with E-state index >= 15 is 0 Å². The van der Waals surface area contributed by atoms with E-state index < -0.39 is 144 Å². The Kier molecular flexibility index (Phi) is 11.0. The summed E-state index contributed by atoms with van der Waals surface area (Å²) in [4.78, 5) is 54.2. The highest BCUT2D eigenvalue weighted by molar-refractivity contribution is 6.18. The van der Waals surface area contributed by atoms with Gasteiger partial charge in [-0.2, -0.15) is 0 Å². The number of aliphatic hydroxyl groups is 8. The van der Waals surface area contributed by atoms with Gasteiger partial charge in [0.05, 0.1) is 46.6 Å². The van der Waals surface area contributed by atoms with Crippen molar-refractivity contribution in [2.24, 2.45) is 0 Å². The Balaban J connectivity index is 1.38. The van der Waals surface area contributed by atoms with Gasteiger partial charge in [0.25, 0.3) is 0 Å². The van der Waals surface area contributed by atoms with E-state index in [-0.39, 0.29) is 44.9 Å². The molecule has 0 radical (unpaired) electrons. The lowest BCUT2D eigenvalue weighted by molar-refractivity contribution is -0.277. The first-order valence-corrected chi connectivity index (χ1v) is 19.0. The molecule has 20 nitrogen and oxygen atoms in total. The molecule has 2 fully saturated rings. The first kappa shape index (κ1) is 42.6.